The first-order chi connectivity index (χ1) is 39.0. The average Bonchev–Trinajstić information content (AvgIpc) is 4.48. The van der Waals surface area contributed by atoms with Gasteiger partial charge in [0.2, 0.25) is 29.6 Å². The molecule has 2 aromatic rings. The Morgan fingerprint density at radius 3 is 1.17 bits per heavy atom. The van der Waals surface area contributed by atoms with Crippen molar-refractivity contribution in [1.29, 1.82) is 0 Å². The number of nitrogens with two attached hydrogens (primary N) is 4. The number of aliphatic carboxylic acids is 1. The van der Waals surface area contributed by atoms with Crippen LogP contribution in [0.25, 0.3) is 0 Å². The van der Waals surface area contributed by atoms with Crippen LogP contribution in [0, 0.1) is 63.8 Å². The largest absolute Gasteiger partial charge is 0.481 e. The number of halogens is 1. The molecule has 8 fully saturated rings. The molecule has 8 bridgehead atoms. The summed E-state index contributed by atoms with van der Waals surface area (Å²) in [5, 5.41) is 21.4. The molecular weight excluding hydrogens is 1160 g/mol. The summed E-state index contributed by atoms with van der Waals surface area (Å²) in [4.78, 5) is 65.1. The van der Waals surface area contributed by atoms with Crippen LogP contribution in [0.15, 0.2) is 12.4 Å². The van der Waals surface area contributed by atoms with Gasteiger partial charge in [-0.1, -0.05) is 25.7 Å². The van der Waals surface area contributed by atoms with Gasteiger partial charge in [-0.15, -0.1) is 37.0 Å². The number of carbonyl (C=O) groups is 4. The van der Waals surface area contributed by atoms with Crippen molar-refractivity contribution < 1.29 is 44.0 Å². The number of aliphatic hydroxyl groups excluding tert-OH is 2. The van der Waals surface area contributed by atoms with Crippen molar-refractivity contribution >= 4 is 69.8 Å². The molecule has 0 spiro atoms. The van der Waals surface area contributed by atoms with Gasteiger partial charge < -0.3 is 62.4 Å². The topological polar surface area (TPSA) is 313 Å². The van der Waals surface area contributed by atoms with E-state index in [0.717, 1.165) is 127 Å². The summed E-state index contributed by atoms with van der Waals surface area (Å²) in [5.41, 5.74) is 23.1. The van der Waals surface area contributed by atoms with Crippen LogP contribution < -0.4 is 22.9 Å². The molecule has 0 atom stereocenters. The van der Waals surface area contributed by atoms with Crippen molar-refractivity contribution in [2.45, 2.75) is 211 Å². The molecule has 6 aliphatic heterocycles. The monoisotopic (exact) mass is 1260 g/mol. The van der Waals surface area contributed by atoms with Gasteiger partial charge in [-0.05, 0) is 143 Å². The lowest BCUT2D eigenvalue weighted by Crippen LogP contribution is -2.43. The van der Waals surface area contributed by atoms with Gasteiger partial charge in [0.05, 0.1) is 31.9 Å². The first-order valence-corrected chi connectivity index (χ1v) is 29.1. The van der Waals surface area contributed by atoms with Gasteiger partial charge in [0.1, 0.15) is 11.6 Å². The zero-order chi connectivity index (χ0) is 62.9. The molecule has 8 heterocycles. The second-order valence-corrected chi connectivity index (χ2v) is 22.3. The van der Waals surface area contributed by atoms with Crippen LogP contribution >= 0.6 is 22.6 Å². The molecule has 21 heteroatoms. The molecule has 6 saturated heterocycles. The Hall–Kier alpha value is -5.95. The van der Waals surface area contributed by atoms with Gasteiger partial charge in [0.25, 0.3) is 5.97 Å². The third-order valence-electron chi connectivity index (χ3n) is 15.8. The molecule has 11 N–H and O–H groups in total. The number of amides is 3. The van der Waals surface area contributed by atoms with Gasteiger partial charge >= 0.3 is 0 Å². The smallest absolute Gasteiger partial charge is 0.300 e. The number of aliphatic hydroxyl groups is 2. The maximum atomic E-state index is 11.9. The van der Waals surface area contributed by atoms with E-state index >= 15 is 0 Å². The minimum atomic E-state index is -0.833. The predicted molar refractivity (Wildman–Crippen MR) is 335 cm³/mol. The van der Waals surface area contributed by atoms with Crippen LogP contribution in [0.4, 0.5) is 23.5 Å². The van der Waals surface area contributed by atoms with Crippen LogP contribution in [0.3, 0.4) is 0 Å². The highest BCUT2D eigenvalue weighted by Crippen LogP contribution is 2.56. The highest BCUT2D eigenvalue weighted by Gasteiger charge is 2.54. The van der Waals surface area contributed by atoms with Crippen LogP contribution in [-0.4, -0.2) is 151 Å². The lowest BCUT2D eigenvalue weighted by molar-refractivity contribution is -0.135. The van der Waals surface area contributed by atoms with Crippen molar-refractivity contribution in [2.24, 2.45) is 11.3 Å². The zero-order valence-electron chi connectivity index (χ0n) is 51.2. The first-order valence-electron chi connectivity index (χ1n) is 28.0. The molecule has 2 aromatic heterocycles. The molecule has 0 unspecified atom stereocenters. The second-order valence-electron chi connectivity index (χ2n) is 21.1. The van der Waals surface area contributed by atoms with Gasteiger partial charge in [-0.2, -0.15) is 9.97 Å². The van der Waals surface area contributed by atoms with Crippen LogP contribution in [0.1, 0.15) is 182 Å². The van der Waals surface area contributed by atoms with E-state index in [1.807, 2.05) is 51.1 Å². The van der Waals surface area contributed by atoms with E-state index < -0.39 is 5.97 Å². The molecule has 10 rings (SSSR count). The quantitative estimate of drug-likeness (QED) is 0.114. The molecule has 2 saturated carbocycles. The Morgan fingerprint density at radius 2 is 0.902 bits per heavy atom. The summed E-state index contributed by atoms with van der Waals surface area (Å²) < 4.78 is 9.32. The summed E-state index contributed by atoms with van der Waals surface area (Å²) in [7, 11) is 8.50. The SMILES string of the molecule is C#CCC12CCC(CC1)C2.C#CCC12CCC(CC1)N2C(C)=O.C#CCC12CCC(CC1)N2C(C)=O.CC.CC(=O)N1C2CCC1(CC#Cc1cnc(N)nc1N)CC2.CC(=O)O.CO.CO.COC.COC.Nc1ncc(I)c(N)n1. The van der Waals surface area contributed by atoms with Gasteiger partial charge in [0.15, 0.2) is 0 Å². The number of hydrogen-bond acceptors (Lipinski definition) is 16. The minimum absolute atomic E-state index is 0.0469. The van der Waals surface area contributed by atoms with Gasteiger partial charge in [-0.3, -0.25) is 19.2 Å². The number of methoxy groups -OCH3 is 2. The van der Waals surface area contributed by atoms with Crippen LogP contribution in [0.2, 0.25) is 0 Å². The fraction of sp³-hybridized carbons (Fsp3) is 0.672. The van der Waals surface area contributed by atoms with E-state index in [1.54, 1.807) is 55.4 Å². The Labute approximate surface area is 504 Å². The molecule has 3 amide bonds. The number of fused-ring (bicyclic) bond motifs is 8. The number of aromatic nitrogens is 4. The van der Waals surface area contributed by atoms with E-state index in [9.17, 15) is 14.4 Å². The van der Waals surface area contributed by atoms with Crippen molar-refractivity contribution in [2.75, 3.05) is 65.6 Å². The van der Waals surface area contributed by atoms with Crippen molar-refractivity contribution in [3.05, 3.63) is 21.5 Å². The van der Waals surface area contributed by atoms with Gasteiger partial charge in [0, 0.05) is 120 Å². The highest BCUT2D eigenvalue weighted by atomic mass is 127. The average molecular weight is 1260 g/mol. The maximum Gasteiger partial charge on any atom is 0.300 e. The second kappa shape index (κ2) is 38.8. The maximum absolute atomic E-state index is 11.9. The summed E-state index contributed by atoms with van der Waals surface area (Å²) in [6, 6.07) is 1.39. The molecule has 0 radical (unpaired) electrons. The number of ether oxygens (including phenoxy) is 2. The number of terminal acetylenes is 3. The zero-order valence-corrected chi connectivity index (χ0v) is 53.3. The molecular formula is C61H98IN11O9. The van der Waals surface area contributed by atoms with Crippen molar-refractivity contribution in [3.8, 4) is 48.9 Å². The van der Waals surface area contributed by atoms with E-state index in [2.05, 4.69) is 59.0 Å². The lowest BCUT2D eigenvalue weighted by atomic mass is 9.82. The van der Waals surface area contributed by atoms with E-state index in [-0.39, 0.29) is 46.2 Å². The normalized spacial score (nSPS) is 25.6. The number of nitrogens with zero attached hydrogens (tertiary/aromatic N) is 7. The Bertz CT molecular complexity index is 2390. The molecule has 0 aromatic carbocycles. The van der Waals surface area contributed by atoms with Crippen molar-refractivity contribution in [3.63, 3.8) is 0 Å². The number of anilines is 4. The molecule has 2 aliphatic carbocycles. The minimum Gasteiger partial charge on any atom is -0.481 e. The van der Waals surface area contributed by atoms with Crippen molar-refractivity contribution in [1.82, 2.24) is 34.6 Å². The number of carbonyl (C=O) groups excluding carboxylic acids is 3. The van der Waals surface area contributed by atoms with Crippen LogP contribution in [0.5, 0.6) is 0 Å². The van der Waals surface area contributed by atoms with E-state index in [4.69, 9.17) is 62.3 Å². The summed E-state index contributed by atoms with van der Waals surface area (Å²) >= 11 is 2.04. The first kappa shape index (κ1) is 76.0. The molecule has 8 aliphatic rings. The Balaban J connectivity index is 0.000000960. The summed E-state index contributed by atoms with van der Waals surface area (Å²) in [6.45, 7) is 10.1. The van der Waals surface area contributed by atoms with E-state index in [1.165, 1.54) is 38.3 Å². The standard InChI is InChI=1S/C15H19N5O.2C11H15NO.C10H14.C4H5IN4.C2H4O2.2C2H6O.C2H6.2CH4O/c1-10(21)20-12-4-7-15(20,8-5-12)6-2-3-11-9-18-14(17)19-13(11)16;2*1-3-6-11-7-4-10(5-8-11)12(11)9(2)13;1-2-5-10-6-3-9(8-10)4-7-10;5-2-1-8-4(7)9-3(2)6;1-2(3)4;2*1-3-2;3*1-2/h9,12H,4-8H2,1H3,(H4,16,17,18,19);2*1,10H,4-8H2,2H3;1,9H,3-8H2;1H,(H4,6,7,8,9);1H3,(H,3,4);2*1-2H3;1-2H3;2*2H,1H3. The summed E-state index contributed by atoms with van der Waals surface area (Å²) in [6.07, 6.45) is 42.9. The van der Waals surface area contributed by atoms with Crippen LogP contribution in [-0.2, 0) is 28.7 Å². The number of rotatable bonds is 4. The Morgan fingerprint density at radius 1 is 0.585 bits per heavy atom. The molecule has 82 heavy (non-hydrogen) atoms. The van der Waals surface area contributed by atoms with Gasteiger partial charge in [-0.25, -0.2) is 9.97 Å². The third kappa shape index (κ3) is 22.0. The lowest BCUT2D eigenvalue weighted by Gasteiger charge is -2.32. The predicted octanol–water partition coefficient (Wildman–Crippen LogP) is 7.73. The highest BCUT2D eigenvalue weighted by molar-refractivity contribution is 14.1. The third-order valence-corrected chi connectivity index (χ3v) is 16.6. The fourth-order valence-electron chi connectivity index (χ4n) is 13.0. The Kier molecular flexibility index (Phi) is 35.9. The molecule has 458 valence electrons. The molecule has 20 nitrogen and oxygen atoms in total. The fourth-order valence-corrected chi connectivity index (χ4v) is 13.3. The number of carboxylic acids is 1. The summed E-state index contributed by atoms with van der Waals surface area (Å²) in [5.74, 6) is 16.3. The number of carboxylic acid groups (broad SMARTS) is 1. The van der Waals surface area contributed by atoms with E-state index in [0.29, 0.717) is 47.2 Å². The number of hydrogen-bond donors (Lipinski definition) is 7. The number of nitrogen functional groups attached to an aromatic ring is 4.